The molecule has 0 aliphatic rings. The lowest BCUT2D eigenvalue weighted by molar-refractivity contribution is 0.472. The summed E-state index contributed by atoms with van der Waals surface area (Å²) in [6, 6.07) is 11.1. The molecule has 0 saturated heterocycles. The van der Waals surface area contributed by atoms with E-state index >= 15 is 0 Å². The lowest BCUT2D eigenvalue weighted by Gasteiger charge is -1.98. The topological polar surface area (TPSA) is 32.6 Å². The molecule has 0 radical (unpaired) electrons. The summed E-state index contributed by atoms with van der Waals surface area (Å²) in [4.78, 5) is 4.15. The summed E-state index contributed by atoms with van der Waals surface area (Å²) in [6.07, 6.45) is 1.43. The average molecular weight is 294 g/mol. The number of phenols is 1. The molecule has 17 heavy (non-hydrogen) atoms. The lowest BCUT2D eigenvalue weighted by Crippen LogP contribution is -1.84. The van der Waals surface area contributed by atoms with Crippen molar-refractivity contribution in [2.45, 2.75) is 0 Å². The predicted molar refractivity (Wildman–Crippen MR) is 69.5 cm³/mol. The lowest BCUT2D eigenvalue weighted by atomic mass is 10.2. The van der Waals surface area contributed by atoms with Crippen molar-refractivity contribution in [1.82, 2.24) is 0 Å². The van der Waals surface area contributed by atoms with Gasteiger partial charge in [0.2, 0.25) is 0 Å². The molecule has 2 aromatic rings. The van der Waals surface area contributed by atoms with Crippen LogP contribution >= 0.6 is 15.9 Å². The van der Waals surface area contributed by atoms with E-state index in [-0.39, 0.29) is 5.75 Å². The summed E-state index contributed by atoms with van der Waals surface area (Å²) in [5.74, 6) is -0.396. The Morgan fingerprint density at radius 1 is 1.12 bits per heavy atom. The minimum atomic E-state index is -0.403. The molecule has 2 aromatic carbocycles. The molecule has 0 aliphatic heterocycles. The van der Waals surface area contributed by atoms with E-state index in [1.165, 1.54) is 24.4 Å². The fourth-order valence-electron chi connectivity index (χ4n) is 1.30. The molecule has 4 heteroatoms. The highest BCUT2D eigenvalue weighted by Crippen LogP contribution is 2.19. The third kappa shape index (κ3) is 3.14. The first-order valence-corrected chi connectivity index (χ1v) is 5.72. The smallest absolute Gasteiger partial charge is 0.124 e. The fraction of sp³-hybridized carbons (Fsp3) is 0. The minimum absolute atomic E-state index is 0.00672. The molecular formula is C13H9BrFNO. The Balaban J connectivity index is 2.25. The van der Waals surface area contributed by atoms with Gasteiger partial charge in [0.1, 0.15) is 11.6 Å². The highest BCUT2D eigenvalue weighted by atomic mass is 79.9. The highest BCUT2D eigenvalue weighted by molar-refractivity contribution is 9.10. The maximum absolute atomic E-state index is 12.9. The van der Waals surface area contributed by atoms with E-state index in [9.17, 15) is 9.50 Å². The van der Waals surface area contributed by atoms with Gasteiger partial charge in [-0.3, -0.25) is 4.99 Å². The SMILES string of the molecule is Oc1ccc(F)cc1C=Nc1ccc(Br)cc1. The van der Waals surface area contributed by atoms with E-state index in [1.54, 1.807) is 0 Å². The van der Waals surface area contributed by atoms with Crippen LogP contribution in [-0.2, 0) is 0 Å². The highest BCUT2D eigenvalue weighted by Gasteiger charge is 1.99. The van der Waals surface area contributed by atoms with Crippen LogP contribution in [0, 0.1) is 5.82 Å². The van der Waals surface area contributed by atoms with Crippen molar-refractivity contribution in [2.24, 2.45) is 4.99 Å². The van der Waals surface area contributed by atoms with Crippen molar-refractivity contribution in [3.8, 4) is 5.75 Å². The maximum Gasteiger partial charge on any atom is 0.124 e. The fourth-order valence-corrected chi connectivity index (χ4v) is 1.56. The molecule has 0 saturated carbocycles. The molecule has 0 atom stereocenters. The van der Waals surface area contributed by atoms with Crippen LogP contribution in [0.3, 0.4) is 0 Å². The minimum Gasteiger partial charge on any atom is -0.507 e. The average Bonchev–Trinajstić information content (AvgIpc) is 2.32. The van der Waals surface area contributed by atoms with Gasteiger partial charge in [0, 0.05) is 16.3 Å². The first-order valence-electron chi connectivity index (χ1n) is 4.93. The molecule has 0 spiro atoms. The zero-order valence-electron chi connectivity index (χ0n) is 8.77. The standard InChI is InChI=1S/C13H9BrFNO/c14-10-1-4-12(5-2-10)16-8-9-7-11(15)3-6-13(9)17/h1-8,17H. The second-order valence-electron chi connectivity index (χ2n) is 3.44. The molecule has 86 valence electrons. The van der Waals surface area contributed by atoms with Crippen molar-refractivity contribution in [2.75, 3.05) is 0 Å². The van der Waals surface area contributed by atoms with Gasteiger partial charge in [0.15, 0.2) is 0 Å². The van der Waals surface area contributed by atoms with E-state index in [4.69, 9.17) is 0 Å². The Morgan fingerprint density at radius 2 is 1.82 bits per heavy atom. The number of hydrogen-bond acceptors (Lipinski definition) is 2. The summed E-state index contributed by atoms with van der Waals surface area (Å²) >= 11 is 3.32. The van der Waals surface area contributed by atoms with E-state index in [2.05, 4.69) is 20.9 Å². The zero-order chi connectivity index (χ0) is 12.3. The number of halogens is 2. The number of phenolic OH excluding ortho intramolecular Hbond substituents is 1. The van der Waals surface area contributed by atoms with Gasteiger partial charge in [0.05, 0.1) is 5.69 Å². The molecule has 0 unspecified atom stereocenters. The predicted octanol–water partition coefficient (Wildman–Crippen LogP) is 4.04. The van der Waals surface area contributed by atoms with Gasteiger partial charge >= 0.3 is 0 Å². The monoisotopic (exact) mass is 293 g/mol. The Labute approximate surface area is 107 Å². The van der Waals surface area contributed by atoms with Gasteiger partial charge in [0.25, 0.3) is 0 Å². The molecular weight excluding hydrogens is 285 g/mol. The Morgan fingerprint density at radius 3 is 2.53 bits per heavy atom. The third-order valence-corrected chi connectivity index (χ3v) is 2.70. The zero-order valence-corrected chi connectivity index (χ0v) is 10.4. The molecule has 0 heterocycles. The molecule has 2 rings (SSSR count). The second kappa shape index (κ2) is 5.10. The maximum atomic E-state index is 12.9. The van der Waals surface area contributed by atoms with Gasteiger partial charge in [-0.25, -0.2) is 4.39 Å². The summed E-state index contributed by atoms with van der Waals surface area (Å²) in [5.41, 5.74) is 1.09. The van der Waals surface area contributed by atoms with Crippen LogP contribution in [-0.4, -0.2) is 11.3 Å². The molecule has 0 bridgehead atoms. The van der Waals surface area contributed by atoms with Crippen LogP contribution in [0.15, 0.2) is 51.9 Å². The van der Waals surface area contributed by atoms with Crippen LogP contribution in [0.2, 0.25) is 0 Å². The first-order chi connectivity index (χ1) is 8.15. The molecule has 1 N–H and O–H groups in total. The third-order valence-electron chi connectivity index (χ3n) is 2.17. The van der Waals surface area contributed by atoms with Crippen LogP contribution in [0.1, 0.15) is 5.56 Å². The van der Waals surface area contributed by atoms with Gasteiger partial charge in [-0.05, 0) is 42.5 Å². The summed E-state index contributed by atoms with van der Waals surface area (Å²) < 4.78 is 13.9. The van der Waals surface area contributed by atoms with Gasteiger partial charge < -0.3 is 5.11 Å². The van der Waals surface area contributed by atoms with E-state index < -0.39 is 5.82 Å². The van der Waals surface area contributed by atoms with Crippen molar-refractivity contribution in [3.63, 3.8) is 0 Å². The van der Waals surface area contributed by atoms with Crippen LogP contribution in [0.25, 0.3) is 0 Å². The van der Waals surface area contributed by atoms with Gasteiger partial charge in [-0.1, -0.05) is 15.9 Å². The Kier molecular flexibility index (Phi) is 3.54. The summed E-state index contributed by atoms with van der Waals surface area (Å²) in [6.45, 7) is 0. The summed E-state index contributed by atoms with van der Waals surface area (Å²) in [7, 11) is 0. The number of benzene rings is 2. The number of aromatic hydroxyl groups is 1. The Hall–Kier alpha value is -1.68. The van der Waals surface area contributed by atoms with Gasteiger partial charge in [-0.15, -0.1) is 0 Å². The number of rotatable bonds is 2. The second-order valence-corrected chi connectivity index (χ2v) is 4.35. The molecule has 0 aromatic heterocycles. The van der Waals surface area contributed by atoms with E-state index in [0.29, 0.717) is 5.56 Å². The van der Waals surface area contributed by atoms with E-state index in [0.717, 1.165) is 10.2 Å². The number of hydrogen-bond donors (Lipinski definition) is 1. The number of nitrogens with zero attached hydrogens (tertiary/aromatic N) is 1. The quantitative estimate of drug-likeness (QED) is 0.833. The largest absolute Gasteiger partial charge is 0.507 e. The molecule has 0 amide bonds. The van der Waals surface area contributed by atoms with Crippen molar-refractivity contribution < 1.29 is 9.50 Å². The van der Waals surface area contributed by atoms with Crippen LogP contribution in [0.5, 0.6) is 5.75 Å². The van der Waals surface area contributed by atoms with E-state index in [1.807, 2.05) is 24.3 Å². The normalized spacial score (nSPS) is 10.9. The molecule has 0 fully saturated rings. The van der Waals surface area contributed by atoms with Crippen LogP contribution < -0.4 is 0 Å². The van der Waals surface area contributed by atoms with Crippen molar-refractivity contribution >= 4 is 27.8 Å². The molecule has 2 nitrogen and oxygen atoms in total. The summed E-state index contributed by atoms with van der Waals surface area (Å²) in [5, 5.41) is 9.49. The molecule has 0 aliphatic carbocycles. The van der Waals surface area contributed by atoms with Crippen molar-refractivity contribution in [3.05, 3.63) is 58.3 Å². The first kappa shape index (κ1) is 11.8. The number of aliphatic imine (C=N–C) groups is 1. The van der Waals surface area contributed by atoms with Crippen LogP contribution in [0.4, 0.5) is 10.1 Å². The van der Waals surface area contributed by atoms with Gasteiger partial charge in [-0.2, -0.15) is 0 Å². The van der Waals surface area contributed by atoms with Crippen molar-refractivity contribution in [1.29, 1.82) is 0 Å². The Bertz CT molecular complexity index is 552.